The molecule has 1 N–H and O–H groups in total. The number of rotatable bonds is 1. The molecule has 0 saturated carbocycles. The second-order valence-electron chi connectivity index (χ2n) is 3.37. The minimum Gasteiger partial charge on any atom is -0.478 e. The number of nitrogens with zero attached hydrogens (tertiary/aromatic N) is 1. The van der Waals surface area contributed by atoms with Crippen molar-refractivity contribution in [2.75, 3.05) is 0 Å². The lowest BCUT2D eigenvalue weighted by Gasteiger charge is -2.15. The van der Waals surface area contributed by atoms with Crippen molar-refractivity contribution < 1.29 is 14.7 Å². The minimum atomic E-state index is -1.07. The lowest BCUT2D eigenvalue weighted by molar-refractivity contribution is -0.131. The number of Topliss-reactive ketones (excluding diaryl/α,β-unsaturated/α-hetero) is 1. The molecule has 4 nitrogen and oxygen atoms in total. The lowest BCUT2D eigenvalue weighted by atomic mass is 9.88. The van der Waals surface area contributed by atoms with Gasteiger partial charge in [-0.05, 0) is 24.5 Å². The van der Waals surface area contributed by atoms with Crippen LogP contribution in [0, 0.1) is 0 Å². The molecule has 15 heavy (non-hydrogen) atoms. The van der Waals surface area contributed by atoms with E-state index in [4.69, 9.17) is 5.11 Å². The molecular formula is C11H9NO3. The lowest BCUT2D eigenvalue weighted by Crippen LogP contribution is -2.15. The van der Waals surface area contributed by atoms with Crippen molar-refractivity contribution in [3.63, 3.8) is 0 Å². The maximum atomic E-state index is 11.8. The summed E-state index contributed by atoms with van der Waals surface area (Å²) in [5.41, 5.74) is 1.83. The number of aromatic nitrogens is 1. The van der Waals surface area contributed by atoms with Gasteiger partial charge < -0.3 is 5.11 Å². The maximum Gasteiger partial charge on any atom is 0.328 e. The summed E-state index contributed by atoms with van der Waals surface area (Å²) < 4.78 is 0. The van der Waals surface area contributed by atoms with Gasteiger partial charge in [0.2, 0.25) is 0 Å². The van der Waals surface area contributed by atoms with E-state index in [1.54, 1.807) is 18.5 Å². The first-order valence-corrected chi connectivity index (χ1v) is 4.59. The molecule has 0 atom stereocenters. The zero-order chi connectivity index (χ0) is 10.8. The van der Waals surface area contributed by atoms with E-state index in [9.17, 15) is 9.59 Å². The fourth-order valence-electron chi connectivity index (χ4n) is 1.69. The van der Waals surface area contributed by atoms with Crippen molar-refractivity contribution in [2.24, 2.45) is 0 Å². The zero-order valence-corrected chi connectivity index (χ0v) is 7.93. The third kappa shape index (κ3) is 1.79. The van der Waals surface area contributed by atoms with Gasteiger partial charge in [-0.25, -0.2) is 4.79 Å². The Labute approximate surface area is 86.3 Å². The third-order valence-corrected chi connectivity index (χ3v) is 2.40. The molecular weight excluding hydrogens is 194 g/mol. The Balaban J connectivity index is 2.42. The van der Waals surface area contributed by atoms with Crippen LogP contribution >= 0.6 is 0 Å². The van der Waals surface area contributed by atoms with Crippen LogP contribution in [0.3, 0.4) is 0 Å². The van der Waals surface area contributed by atoms with Gasteiger partial charge in [0.15, 0.2) is 5.78 Å². The smallest absolute Gasteiger partial charge is 0.328 e. The minimum absolute atomic E-state index is 0.193. The van der Waals surface area contributed by atoms with E-state index in [2.05, 4.69) is 4.98 Å². The Morgan fingerprint density at radius 2 is 2.27 bits per heavy atom. The Morgan fingerprint density at radius 1 is 1.47 bits per heavy atom. The van der Waals surface area contributed by atoms with Crippen molar-refractivity contribution in [3.8, 4) is 0 Å². The van der Waals surface area contributed by atoms with Gasteiger partial charge in [-0.3, -0.25) is 9.78 Å². The number of aryl methyl sites for hydroxylation is 1. The number of carbonyl (C=O) groups is 2. The largest absolute Gasteiger partial charge is 0.478 e. The molecule has 1 heterocycles. The molecule has 0 aliphatic heterocycles. The Morgan fingerprint density at radius 3 is 3.00 bits per heavy atom. The molecule has 1 aliphatic rings. The summed E-state index contributed by atoms with van der Waals surface area (Å²) in [7, 11) is 0. The quantitative estimate of drug-likeness (QED) is 0.697. The van der Waals surface area contributed by atoms with Crippen LogP contribution in [0.5, 0.6) is 0 Å². The maximum absolute atomic E-state index is 11.8. The topological polar surface area (TPSA) is 67.3 Å². The molecule has 1 aromatic heterocycles. The van der Waals surface area contributed by atoms with Gasteiger partial charge in [-0.2, -0.15) is 0 Å². The number of hydrogen-bond acceptors (Lipinski definition) is 3. The molecule has 0 saturated heterocycles. The zero-order valence-electron chi connectivity index (χ0n) is 7.93. The fourth-order valence-corrected chi connectivity index (χ4v) is 1.69. The van der Waals surface area contributed by atoms with Crippen LogP contribution in [0.25, 0.3) is 0 Å². The summed E-state index contributed by atoms with van der Waals surface area (Å²) in [6.07, 6.45) is 5.34. The van der Waals surface area contributed by atoms with Crippen molar-refractivity contribution in [2.45, 2.75) is 12.8 Å². The normalized spacial score (nSPS) is 17.6. The highest BCUT2D eigenvalue weighted by atomic mass is 16.4. The van der Waals surface area contributed by atoms with Crippen molar-refractivity contribution >= 4 is 11.8 Å². The number of aliphatic carboxylic acids is 1. The van der Waals surface area contributed by atoms with E-state index < -0.39 is 5.97 Å². The predicted molar refractivity (Wildman–Crippen MR) is 52.6 cm³/mol. The molecule has 4 heteroatoms. The van der Waals surface area contributed by atoms with E-state index >= 15 is 0 Å². The van der Waals surface area contributed by atoms with Gasteiger partial charge in [0.25, 0.3) is 0 Å². The van der Waals surface area contributed by atoms with Gasteiger partial charge in [0, 0.05) is 29.6 Å². The number of carboxylic acids is 1. The molecule has 1 aliphatic carbocycles. The Hall–Kier alpha value is -1.97. The number of pyridine rings is 1. The number of ketones is 1. The second-order valence-corrected chi connectivity index (χ2v) is 3.37. The molecule has 76 valence electrons. The van der Waals surface area contributed by atoms with Crippen LogP contribution in [0.4, 0.5) is 0 Å². The highest BCUT2D eigenvalue weighted by molar-refractivity contribution is 6.12. The summed E-state index contributed by atoms with van der Waals surface area (Å²) >= 11 is 0. The monoisotopic (exact) mass is 203 g/mol. The van der Waals surface area contributed by atoms with Crippen molar-refractivity contribution in [3.05, 3.63) is 41.2 Å². The standard InChI is InChI=1S/C11H9NO3/c13-10(14)5-7-1-2-8-6-12-4-3-9(8)11(7)15/h3-6H,1-2H2,(H,13,14)/b7-5+. The van der Waals surface area contributed by atoms with E-state index in [1.807, 2.05) is 0 Å². The molecule has 0 unspecified atom stereocenters. The van der Waals surface area contributed by atoms with Crippen LogP contribution in [-0.4, -0.2) is 21.8 Å². The molecule has 1 aromatic rings. The van der Waals surface area contributed by atoms with Gasteiger partial charge in [0.05, 0.1) is 0 Å². The van der Waals surface area contributed by atoms with Crippen LogP contribution in [0.2, 0.25) is 0 Å². The van der Waals surface area contributed by atoms with Crippen molar-refractivity contribution in [1.82, 2.24) is 4.98 Å². The number of allylic oxidation sites excluding steroid dienone is 1. The van der Waals surface area contributed by atoms with Crippen molar-refractivity contribution in [1.29, 1.82) is 0 Å². The highest BCUT2D eigenvalue weighted by Crippen LogP contribution is 2.23. The van der Waals surface area contributed by atoms with Gasteiger partial charge in [0.1, 0.15) is 0 Å². The summed E-state index contributed by atoms with van der Waals surface area (Å²) in [6, 6.07) is 1.63. The first-order chi connectivity index (χ1) is 7.18. The average Bonchev–Trinajstić information content (AvgIpc) is 2.22. The molecule has 0 spiro atoms. The average molecular weight is 203 g/mol. The molecule has 0 radical (unpaired) electrons. The molecule has 0 aromatic carbocycles. The van der Waals surface area contributed by atoms with Crippen LogP contribution in [0.15, 0.2) is 30.1 Å². The van der Waals surface area contributed by atoms with Gasteiger partial charge in [-0.1, -0.05) is 0 Å². The first kappa shape index (κ1) is 9.58. The van der Waals surface area contributed by atoms with E-state index in [0.717, 1.165) is 11.6 Å². The highest BCUT2D eigenvalue weighted by Gasteiger charge is 2.22. The van der Waals surface area contributed by atoms with Crippen LogP contribution < -0.4 is 0 Å². The molecule has 0 amide bonds. The SMILES string of the molecule is O=C(O)/C=C1\CCc2cnccc2C1=O. The summed E-state index contributed by atoms with van der Waals surface area (Å²) in [5.74, 6) is -1.27. The summed E-state index contributed by atoms with van der Waals surface area (Å²) in [5, 5.41) is 8.59. The predicted octanol–water partition coefficient (Wildman–Crippen LogP) is 1.22. The number of carbonyl (C=O) groups excluding carboxylic acids is 1. The third-order valence-electron chi connectivity index (χ3n) is 2.40. The Bertz CT molecular complexity index is 463. The van der Waals surface area contributed by atoms with Crippen LogP contribution in [-0.2, 0) is 11.2 Å². The molecule has 0 fully saturated rings. The van der Waals surface area contributed by atoms with E-state index in [0.29, 0.717) is 24.0 Å². The van der Waals surface area contributed by atoms with E-state index in [-0.39, 0.29) is 5.78 Å². The fraction of sp³-hybridized carbons (Fsp3) is 0.182. The van der Waals surface area contributed by atoms with E-state index in [1.165, 1.54) is 0 Å². The van der Waals surface area contributed by atoms with Gasteiger partial charge in [-0.15, -0.1) is 0 Å². The number of hydrogen-bond donors (Lipinski definition) is 1. The number of carboxylic acid groups (broad SMARTS) is 1. The van der Waals surface area contributed by atoms with Crippen LogP contribution in [0.1, 0.15) is 22.3 Å². The summed E-state index contributed by atoms with van der Waals surface area (Å²) in [6.45, 7) is 0. The number of fused-ring (bicyclic) bond motifs is 1. The first-order valence-electron chi connectivity index (χ1n) is 4.59. The van der Waals surface area contributed by atoms with Gasteiger partial charge >= 0.3 is 5.97 Å². The second kappa shape index (κ2) is 3.65. The molecule has 2 rings (SSSR count). The Kier molecular flexibility index (Phi) is 2.33. The molecule has 0 bridgehead atoms. The summed E-state index contributed by atoms with van der Waals surface area (Å²) in [4.78, 5) is 26.2.